The summed E-state index contributed by atoms with van der Waals surface area (Å²) >= 11 is 13.3. The first kappa shape index (κ1) is 26.1. The number of amides is 1. The third kappa shape index (κ3) is 5.23. The fourth-order valence-corrected chi connectivity index (χ4v) is 5.17. The molecule has 38 heavy (non-hydrogen) atoms. The molecule has 0 radical (unpaired) electrons. The molecule has 11 heteroatoms. The van der Waals surface area contributed by atoms with Gasteiger partial charge >= 0.3 is 0 Å². The van der Waals surface area contributed by atoms with Crippen LogP contribution in [-0.2, 0) is 6.54 Å². The van der Waals surface area contributed by atoms with E-state index in [1.54, 1.807) is 36.7 Å². The van der Waals surface area contributed by atoms with Crippen LogP contribution in [0.3, 0.4) is 0 Å². The Kier molecular flexibility index (Phi) is 7.90. The van der Waals surface area contributed by atoms with Crippen LogP contribution in [0.25, 0.3) is 22.2 Å². The average Bonchev–Trinajstić information content (AvgIpc) is 2.95. The SMILES string of the molecule is COc1cc(OC)c(Cl)c(-c2ccc(C(=O)Nc3ccc(CN4CCNCC4)cn3)c3nccnc23)c1Cl. The summed E-state index contributed by atoms with van der Waals surface area (Å²) in [5, 5.41) is 6.81. The topological polar surface area (TPSA) is 102 Å². The van der Waals surface area contributed by atoms with Gasteiger partial charge in [-0.25, -0.2) is 4.98 Å². The number of rotatable bonds is 7. The van der Waals surface area contributed by atoms with E-state index < -0.39 is 0 Å². The molecule has 1 aliphatic heterocycles. The fraction of sp³-hybridized carbons (Fsp3) is 0.259. The van der Waals surface area contributed by atoms with E-state index in [1.165, 1.54) is 20.4 Å². The minimum atomic E-state index is -0.357. The van der Waals surface area contributed by atoms with E-state index in [0.717, 1.165) is 38.3 Å². The van der Waals surface area contributed by atoms with Crippen molar-refractivity contribution in [3.8, 4) is 22.6 Å². The molecule has 2 N–H and O–H groups in total. The van der Waals surface area contributed by atoms with Crippen LogP contribution in [-0.4, -0.2) is 66.2 Å². The number of hydrogen-bond acceptors (Lipinski definition) is 8. The van der Waals surface area contributed by atoms with Crippen molar-refractivity contribution < 1.29 is 14.3 Å². The van der Waals surface area contributed by atoms with Gasteiger partial charge in [-0.2, -0.15) is 0 Å². The summed E-state index contributed by atoms with van der Waals surface area (Å²) < 4.78 is 10.8. The molecule has 0 aliphatic carbocycles. The van der Waals surface area contributed by atoms with Crippen molar-refractivity contribution >= 4 is 46.0 Å². The van der Waals surface area contributed by atoms with E-state index in [4.69, 9.17) is 32.7 Å². The van der Waals surface area contributed by atoms with Gasteiger partial charge in [-0.15, -0.1) is 0 Å². The van der Waals surface area contributed by atoms with E-state index in [0.29, 0.717) is 55.1 Å². The normalized spacial score (nSPS) is 13.9. The van der Waals surface area contributed by atoms with Crippen molar-refractivity contribution in [2.24, 2.45) is 0 Å². The maximum Gasteiger partial charge on any atom is 0.259 e. The smallest absolute Gasteiger partial charge is 0.259 e. The number of carbonyl (C=O) groups excluding carboxylic acids is 1. The standard InChI is InChI=1S/C27H26Cl2N6O3/c1-37-19-13-20(38-2)24(29)22(23(19)28)17-4-5-18(26-25(17)31-7-8-32-26)27(36)34-21-6-3-16(14-33-21)15-35-11-9-30-10-12-35/h3-8,13-14,30H,9-12,15H2,1-2H3,(H,33,34,36). The Morgan fingerprint density at radius 2 is 1.66 bits per heavy atom. The highest BCUT2D eigenvalue weighted by molar-refractivity contribution is 6.41. The Morgan fingerprint density at radius 3 is 2.29 bits per heavy atom. The van der Waals surface area contributed by atoms with Gasteiger partial charge in [-0.1, -0.05) is 35.3 Å². The molecule has 1 saturated heterocycles. The molecule has 0 atom stereocenters. The number of benzene rings is 2. The van der Waals surface area contributed by atoms with Gasteiger partial charge < -0.3 is 20.1 Å². The summed E-state index contributed by atoms with van der Waals surface area (Å²) in [5.41, 5.74) is 3.35. The summed E-state index contributed by atoms with van der Waals surface area (Å²) in [5.74, 6) is 0.884. The highest BCUT2D eigenvalue weighted by atomic mass is 35.5. The van der Waals surface area contributed by atoms with Crippen LogP contribution in [0, 0.1) is 0 Å². The summed E-state index contributed by atoms with van der Waals surface area (Å²) in [6.45, 7) is 4.80. The summed E-state index contributed by atoms with van der Waals surface area (Å²) in [6.07, 6.45) is 4.87. The molecule has 2 aromatic carbocycles. The van der Waals surface area contributed by atoms with E-state index in [2.05, 4.69) is 30.5 Å². The summed E-state index contributed by atoms with van der Waals surface area (Å²) in [6, 6.07) is 8.80. The number of halogens is 2. The van der Waals surface area contributed by atoms with Gasteiger partial charge in [0.05, 0.1) is 35.3 Å². The number of aromatic nitrogens is 3. The Morgan fingerprint density at radius 1 is 0.974 bits per heavy atom. The molecule has 2 aromatic heterocycles. The highest BCUT2D eigenvalue weighted by Crippen LogP contribution is 2.47. The monoisotopic (exact) mass is 552 g/mol. The number of methoxy groups -OCH3 is 2. The lowest BCUT2D eigenvalue weighted by atomic mass is 9.99. The minimum Gasteiger partial charge on any atom is -0.495 e. The number of nitrogens with one attached hydrogen (secondary N) is 2. The van der Waals surface area contributed by atoms with E-state index >= 15 is 0 Å². The van der Waals surface area contributed by atoms with Gasteiger partial charge in [0.2, 0.25) is 0 Å². The van der Waals surface area contributed by atoms with Gasteiger partial charge in [0, 0.05) is 68.5 Å². The van der Waals surface area contributed by atoms with Gasteiger partial charge in [0.15, 0.2) is 0 Å². The van der Waals surface area contributed by atoms with Crippen molar-refractivity contribution in [2.75, 3.05) is 45.7 Å². The van der Waals surface area contributed by atoms with Crippen LogP contribution in [0.2, 0.25) is 10.0 Å². The van der Waals surface area contributed by atoms with Gasteiger partial charge in [-0.05, 0) is 17.7 Å². The molecule has 3 heterocycles. The maximum absolute atomic E-state index is 13.3. The van der Waals surface area contributed by atoms with Gasteiger partial charge in [0.25, 0.3) is 5.91 Å². The van der Waals surface area contributed by atoms with Crippen molar-refractivity contribution in [2.45, 2.75) is 6.54 Å². The number of ether oxygens (including phenoxy) is 2. The fourth-order valence-electron chi connectivity index (χ4n) is 4.47. The molecule has 0 saturated carbocycles. The second-order valence-electron chi connectivity index (χ2n) is 8.73. The van der Waals surface area contributed by atoms with E-state index in [-0.39, 0.29) is 5.91 Å². The summed E-state index contributed by atoms with van der Waals surface area (Å²) in [4.78, 5) is 29.1. The first-order valence-corrected chi connectivity index (χ1v) is 12.8. The molecule has 1 aliphatic rings. The zero-order valence-corrected chi connectivity index (χ0v) is 22.4. The number of hydrogen-bond donors (Lipinski definition) is 2. The predicted octanol–water partition coefficient (Wildman–Crippen LogP) is 4.67. The molecule has 0 unspecified atom stereocenters. The Bertz CT molecular complexity index is 1450. The Labute approximate surface area is 230 Å². The molecule has 196 valence electrons. The third-order valence-electron chi connectivity index (χ3n) is 6.39. The molecular weight excluding hydrogens is 527 g/mol. The zero-order chi connectivity index (χ0) is 26.6. The molecule has 1 fully saturated rings. The van der Waals surface area contributed by atoms with Crippen LogP contribution in [0.5, 0.6) is 11.5 Å². The lowest BCUT2D eigenvalue weighted by molar-refractivity contribution is 0.102. The lowest BCUT2D eigenvalue weighted by Gasteiger charge is -2.27. The Balaban J connectivity index is 1.45. The highest BCUT2D eigenvalue weighted by Gasteiger charge is 2.23. The van der Waals surface area contributed by atoms with Gasteiger partial charge in [0.1, 0.15) is 22.8 Å². The number of nitrogens with zero attached hydrogens (tertiary/aromatic N) is 4. The van der Waals surface area contributed by atoms with Crippen LogP contribution >= 0.6 is 23.2 Å². The average molecular weight is 553 g/mol. The third-order valence-corrected chi connectivity index (χ3v) is 7.15. The van der Waals surface area contributed by atoms with Gasteiger partial charge in [-0.3, -0.25) is 19.7 Å². The first-order chi connectivity index (χ1) is 18.5. The molecule has 4 aromatic rings. The van der Waals surface area contributed by atoms with Crippen LogP contribution in [0.4, 0.5) is 5.82 Å². The molecular formula is C27H26Cl2N6O3. The molecule has 0 spiro atoms. The number of piperazine rings is 1. The van der Waals surface area contributed by atoms with Crippen LogP contribution < -0.4 is 20.1 Å². The quantitative estimate of drug-likeness (QED) is 0.341. The van der Waals surface area contributed by atoms with Crippen LogP contribution in [0.1, 0.15) is 15.9 Å². The predicted molar refractivity (Wildman–Crippen MR) is 148 cm³/mol. The summed E-state index contributed by atoms with van der Waals surface area (Å²) in [7, 11) is 3.02. The largest absolute Gasteiger partial charge is 0.495 e. The number of pyridine rings is 1. The first-order valence-electron chi connectivity index (χ1n) is 12.0. The minimum absolute atomic E-state index is 0.299. The molecule has 9 nitrogen and oxygen atoms in total. The number of fused-ring (bicyclic) bond motifs is 1. The zero-order valence-electron chi connectivity index (χ0n) is 20.9. The van der Waals surface area contributed by atoms with Crippen molar-refractivity contribution in [3.05, 3.63) is 70.1 Å². The van der Waals surface area contributed by atoms with E-state index in [1.807, 2.05) is 6.07 Å². The second kappa shape index (κ2) is 11.5. The van der Waals surface area contributed by atoms with Crippen molar-refractivity contribution in [1.82, 2.24) is 25.2 Å². The number of anilines is 1. The van der Waals surface area contributed by atoms with E-state index in [9.17, 15) is 4.79 Å². The van der Waals surface area contributed by atoms with Crippen molar-refractivity contribution in [1.29, 1.82) is 0 Å². The van der Waals surface area contributed by atoms with Crippen LogP contribution in [0.15, 0.2) is 48.9 Å². The number of carbonyl (C=O) groups is 1. The maximum atomic E-state index is 13.3. The lowest BCUT2D eigenvalue weighted by Crippen LogP contribution is -2.42. The molecule has 5 rings (SSSR count). The van der Waals surface area contributed by atoms with Crippen molar-refractivity contribution in [3.63, 3.8) is 0 Å². The molecule has 0 bridgehead atoms. The second-order valence-corrected chi connectivity index (χ2v) is 9.49. The Hall–Kier alpha value is -3.50. The molecule has 1 amide bonds.